The summed E-state index contributed by atoms with van der Waals surface area (Å²) in [6, 6.07) is 4.91. The predicted octanol–water partition coefficient (Wildman–Crippen LogP) is 2.39. The summed E-state index contributed by atoms with van der Waals surface area (Å²) in [4.78, 5) is 10.8. The molecule has 0 spiro atoms. The van der Waals surface area contributed by atoms with Crippen molar-refractivity contribution < 1.29 is 0 Å². The first-order chi connectivity index (χ1) is 9.34. The van der Waals surface area contributed by atoms with E-state index < -0.39 is 0 Å². The van der Waals surface area contributed by atoms with Crippen molar-refractivity contribution in [3.63, 3.8) is 0 Å². The quantitative estimate of drug-likeness (QED) is 0.780. The first-order valence-electron chi connectivity index (χ1n) is 7.11. The number of nitrogens with zero attached hydrogens (tertiary/aromatic N) is 3. The molecule has 1 aromatic rings. The Morgan fingerprint density at radius 2 is 2.15 bits per heavy atom. The molecule has 1 unspecified atom stereocenters. The van der Waals surface area contributed by atoms with Gasteiger partial charge in [0.15, 0.2) is 5.96 Å². The molecule has 2 aliphatic heterocycles. The number of hydrogen-bond donors (Lipinski definition) is 1. The highest BCUT2D eigenvalue weighted by Crippen LogP contribution is 2.27. The fourth-order valence-electron chi connectivity index (χ4n) is 2.86. The van der Waals surface area contributed by atoms with Gasteiger partial charge < -0.3 is 10.2 Å². The van der Waals surface area contributed by atoms with E-state index in [-0.39, 0.29) is 24.0 Å². The zero-order valence-electron chi connectivity index (χ0n) is 11.9. The number of likely N-dealkylation sites (N-methyl/N-ethyl adjacent to an activating group) is 1. The van der Waals surface area contributed by atoms with Crippen LogP contribution in [0.1, 0.15) is 23.8 Å². The van der Waals surface area contributed by atoms with Gasteiger partial charge in [0.1, 0.15) is 0 Å². The third-order valence-electron chi connectivity index (χ3n) is 3.97. The van der Waals surface area contributed by atoms with Crippen molar-refractivity contribution >= 4 is 41.3 Å². The van der Waals surface area contributed by atoms with Crippen LogP contribution >= 0.6 is 35.3 Å². The van der Waals surface area contributed by atoms with E-state index in [2.05, 4.69) is 44.7 Å². The normalized spacial score (nSPS) is 20.6. The highest BCUT2D eigenvalue weighted by molar-refractivity contribution is 14.0. The van der Waals surface area contributed by atoms with E-state index in [9.17, 15) is 0 Å². The molecule has 1 atom stereocenters. The van der Waals surface area contributed by atoms with E-state index >= 15 is 0 Å². The molecule has 1 N–H and O–H groups in total. The molecule has 1 aromatic heterocycles. The Bertz CT molecular complexity index is 428. The fraction of sp³-hybridized carbons (Fsp3) is 0.643. The molecular formula is C14H23IN4S. The minimum absolute atomic E-state index is 0. The number of likely N-dealkylation sites (tertiary alicyclic amines) is 1. The van der Waals surface area contributed by atoms with Crippen LogP contribution in [0, 0.1) is 0 Å². The minimum Gasteiger partial charge on any atom is -0.354 e. The van der Waals surface area contributed by atoms with Crippen LogP contribution < -0.4 is 5.32 Å². The van der Waals surface area contributed by atoms with Crippen molar-refractivity contribution in [1.82, 2.24) is 15.1 Å². The third-order valence-corrected chi connectivity index (χ3v) is 4.94. The van der Waals surface area contributed by atoms with Crippen molar-refractivity contribution in [1.29, 1.82) is 0 Å². The summed E-state index contributed by atoms with van der Waals surface area (Å²) in [5.41, 5.74) is 0. The van der Waals surface area contributed by atoms with E-state index in [0.717, 1.165) is 25.6 Å². The Morgan fingerprint density at radius 1 is 1.35 bits per heavy atom. The van der Waals surface area contributed by atoms with Crippen molar-refractivity contribution in [3.8, 4) is 0 Å². The van der Waals surface area contributed by atoms with Gasteiger partial charge in [-0.25, -0.2) is 0 Å². The lowest BCUT2D eigenvalue weighted by Crippen LogP contribution is -2.41. The molecule has 0 bridgehead atoms. The number of guanidine groups is 1. The summed E-state index contributed by atoms with van der Waals surface area (Å²) >= 11 is 1.87. The van der Waals surface area contributed by atoms with Crippen LogP contribution in [0.25, 0.3) is 0 Å². The highest BCUT2D eigenvalue weighted by Gasteiger charge is 2.25. The summed E-state index contributed by atoms with van der Waals surface area (Å²) in [7, 11) is 2.11. The highest BCUT2D eigenvalue weighted by atomic mass is 127. The van der Waals surface area contributed by atoms with Crippen molar-refractivity contribution in [2.75, 3.05) is 39.8 Å². The van der Waals surface area contributed by atoms with Crippen LogP contribution in [0.15, 0.2) is 22.5 Å². The van der Waals surface area contributed by atoms with Crippen molar-refractivity contribution in [2.45, 2.75) is 18.9 Å². The van der Waals surface area contributed by atoms with Gasteiger partial charge in [-0.1, -0.05) is 6.07 Å². The maximum absolute atomic E-state index is 4.51. The molecule has 2 aliphatic rings. The Hall–Kier alpha value is -0.340. The average Bonchev–Trinajstić information content (AvgIpc) is 3.13. The first kappa shape index (κ1) is 16.0. The molecule has 0 saturated carbocycles. The molecule has 112 valence electrons. The largest absolute Gasteiger partial charge is 0.354 e. The number of hydrogen-bond acceptors (Lipinski definition) is 5. The second-order valence-corrected chi connectivity index (χ2v) is 6.26. The minimum atomic E-state index is 0. The van der Waals surface area contributed by atoms with Gasteiger partial charge >= 0.3 is 0 Å². The van der Waals surface area contributed by atoms with Gasteiger partial charge in [-0.3, -0.25) is 9.89 Å². The Morgan fingerprint density at radius 3 is 2.75 bits per heavy atom. The van der Waals surface area contributed by atoms with Gasteiger partial charge in [0, 0.05) is 25.0 Å². The fourth-order valence-corrected chi connectivity index (χ4v) is 3.72. The molecule has 6 heteroatoms. The van der Waals surface area contributed by atoms with E-state index in [4.69, 9.17) is 0 Å². The molecule has 3 rings (SSSR count). The van der Waals surface area contributed by atoms with Crippen LogP contribution in [0.5, 0.6) is 0 Å². The maximum Gasteiger partial charge on any atom is 0.193 e. The van der Waals surface area contributed by atoms with Gasteiger partial charge in [-0.05, 0) is 37.4 Å². The Kier molecular flexibility index (Phi) is 6.10. The second-order valence-electron chi connectivity index (χ2n) is 5.28. The van der Waals surface area contributed by atoms with Crippen LogP contribution in [0.2, 0.25) is 0 Å². The van der Waals surface area contributed by atoms with Crippen molar-refractivity contribution in [2.24, 2.45) is 4.99 Å². The number of nitrogens with one attached hydrogen (secondary N) is 1. The predicted molar refractivity (Wildman–Crippen MR) is 96.2 cm³/mol. The summed E-state index contributed by atoms with van der Waals surface area (Å²) in [5.74, 6) is 1.06. The zero-order chi connectivity index (χ0) is 13.1. The lowest BCUT2D eigenvalue weighted by Gasteiger charge is -2.28. The van der Waals surface area contributed by atoms with Crippen LogP contribution in [0.4, 0.5) is 0 Å². The lowest BCUT2D eigenvalue weighted by atomic mass is 10.2. The summed E-state index contributed by atoms with van der Waals surface area (Å²) in [5, 5.41) is 5.72. The van der Waals surface area contributed by atoms with Crippen LogP contribution in [0.3, 0.4) is 0 Å². The van der Waals surface area contributed by atoms with Gasteiger partial charge in [-0.15, -0.1) is 35.3 Å². The standard InChI is InChI=1S/C14H22N4S.HI/c1-17-9-6-15-14(17)16-11-12(13-5-4-10-19-13)18-7-2-3-8-18;/h4-5,10,12H,2-3,6-9,11H2,1H3,(H,15,16);1H. The van der Waals surface area contributed by atoms with E-state index in [1.807, 2.05) is 11.3 Å². The smallest absolute Gasteiger partial charge is 0.193 e. The molecule has 0 aliphatic carbocycles. The first-order valence-corrected chi connectivity index (χ1v) is 7.99. The third kappa shape index (κ3) is 3.65. The van der Waals surface area contributed by atoms with Crippen molar-refractivity contribution in [3.05, 3.63) is 22.4 Å². The molecular weight excluding hydrogens is 383 g/mol. The maximum atomic E-state index is 4.51. The van der Waals surface area contributed by atoms with Crippen LogP contribution in [-0.2, 0) is 0 Å². The molecule has 4 nitrogen and oxygen atoms in total. The molecule has 3 heterocycles. The molecule has 0 aromatic carbocycles. The molecule has 0 amide bonds. The number of aliphatic imine (C=N–C) groups is 1. The zero-order valence-corrected chi connectivity index (χ0v) is 15.1. The molecule has 1 fully saturated rings. The average molecular weight is 406 g/mol. The topological polar surface area (TPSA) is 30.9 Å². The monoisotopic (exact) mass is 406 g/mol. The Labute approximate surface area is 142 Å². The summed E-state index contributed by atoms with van der Waals surface area (Å²) < 4.78 is 0. The van der Waals surface area contributed by atoms with Crippen LogP contribution in [-0.4, -0.2) is 55.5 Å². The number of rotatable bonds is 4. The molecule has 1 saturated heterocycles. The Balaban J connectivity index is 0.00000147. The SMILES string of the molecule is CN1CCN=C1NCC(c1cccs1)N1CCCC1.I. The summed E-state index contributed by atoms with van der Waals surface area (Å²) in [6.07, 6.45) is 2.67. The number of halogens is 1. The van der Waals surface area contributed by atoms with Gasteiger partial charge in [0.25, 0.3) is 0 Å². The second kappa shape index (κ2) is 7.61. The molecule has 20 heavy (non-hydrogen) atoms. The van der Waals surface area contributed by atoms with E-state index in [1.54, 1.807) is 0 Å². The molecule has 0 radical (unpaired) electrons. The van der Waals surface area contributed by atoms with E-state index in [0.29, 0.717) is 6.04 Å². The number of thiophene rings is 1. The van der Waals surface area contributed by atoms with E-state index in [1.165, 1.54) is 30.8 Å². The summed E-state index contributed by atoms with van der Waals surface area (Å²) in [6.45, 7) is 5.38. The van der Waals surface area contributed by atoms with Gasteiger partial charge in [0.2, 0.25) is 0 Å². The van der Waals surface area contributed by atoms with Gasteiger partial charge in [0.05, 0.1) is 12.6 Å². The van der Waals surface area contributed by atoms with Gasteiger partial charge in [-0.2, -0.15) is 0 Å². The lowest BCUT2D eigenvalue weighted by molar-refractivity contribution is 0.248.